The van der Waals surface area contributed by atoms with Crippen LogP contribution in [0.1, 0.15) is 26.2 Å². The Balaban J connectivity index is 3.04. The van der Waals surface area contributed by atoms with Gasteiger partial charge in [0, 0.05) is 11.8 Å². The fraction of sp³-hybridized carbons (Fsp3) is 0.889. The Bertz CT molecular complexity index is 140. The van der Waals surface area contributed by atoms with Crippen molar-refractivity contribution >= 4 is 17.7 Å². The van der Waals surface area contributed by atoms with Crippen molar-refractivity contribution in [2.24, 2.45) is 5.73 Å². The molecule has 0 saturated heterocycles. The molecule has 1 unspecified atom stereocenters. The van der Waals surface area contributed by atoms with Crippen LogP contribution in [0.3, 0.4) is 0 Å². The largest absolute Gasteiger partial charge is 0.469 e. The van der Waals surface area contributed by atoms with Gasteiger partial charge < -0.3 is 10.5 Å². The molecular formula is C9H19NO2S. The first-order valence-corrected chi connectivity index (χ1v) is 5.72. The van der Waals surface area contributed by atoms with E-state index in [1.807, 2.05) is 6.92 Å². The van der Waals surface area contributed by atoms with Crippen molar-refractivity contribution in [1.29, 1.82) is 0 Å². The maximum absolute atomic E-state index is 10.7. The second-order valence-electron chi connectivity index (χ2n) is 3.06. The molecule has 2 N–H and O–H groups in total. The third kappa shape index (κ3) is 9.70. The minimum absolute atomic E-state index is 0.125. The summed E-state index contributed by atoms with van der Waals surface area (Å²) in [4.78, 5) is 10.7. The molecule has 0 spiro atoms. The Kier molecular flexibility index (Phi) is 8.24. The SMILES string of the molecule is COC(=O)CCSCCCC(C)N. The van der Waals surface area contributed by atoms with Crippen molar-refractivity contribution in [2.75, 3.05) is 18.6 Å². The van der Waals surface area contributed by atoms with Gasteiger partial charge in [0.05, 0.1) is 13.5 Å². The number of hydrogen-bond donors (Lipinski definition) is 1. The van der Waals surface area contributed by atoms with E-state index in [0.29, 0.717) is 12.5 Å². The zero-order valence-electron chi connectivity index (χ0n) is 8.41. The number of ether oxygens (including phenoxy) is 1. The van der Waals surface area contributed by atoms with Gasteiger partial charge in [-0.15, -0.1) is 0 Å². The topological polar surface area (TPSA) is 52.3 Å². The molecule has 0 aromatic carbocycles. The van der Waals surface area contributed by atoms with Crippen molar-refractivity contribution < 1.29 is 9.53 Å². The van der Waals surface area contributed by atoms with Gasteiger partial charge in [0.1, 0.15) is 0 Å². The molecule has 0 aliphatic heterocycles. The summed E-state index contributed by atoms with van der Waals surface area (Å²) in [5, 5.41) is 0. The molecule has 0 amide bonds. The third-order valence-electron chi connectivity index (χ3n) is 1.63. The van der Waals surface area contributed by atoms with Crippen LogP contribution in [-0.2, 0) is 9.53 Å². The molecule has 1 atom stereocenters. The number of carbonyl (C=O) groups excluding carboxylic acids is 1. The predicted molar refractivity (Wildman–Crippen MR) is 56.8 cm³/mol. The number of thioether (sulfide) groups is 1. The summed E-state index contributed by atoms with van der Waals surface area (Å²) in [5.41, 5.74) is 5.59. The molecular weight excluding hydrogens is 186 g/mol. The number of methoxy groups -OCH3 is 1. The second-order valence-corrected chi connectivity index (χ2v) is 4.28. The molecule has 0 saturated carbocycles. The Hall–Kier alpha value is -0.220. The molecule has 0 aliphatic rings. The summed E-state index contributed by atoms with van der Waals surface area (Å²) in [6, 6.07) is 0.293. The molecule has 0 radical (unpaired) electrons. The van der Waals surface area contributed by atoms with Gasteiger partial charge in [0.2, 0.25) is 0 Å². The highest BCUT2D eigenvalue weighted by Crippen LogP contribution is 2.07. The minimum Gasteiger partial charge on any atom is -0.469 e. The van der Waals surface area contributed by atoms with Crippen LogP contribution in [0.15, 0.2) is 0 Å². The molecule has 0 aromatic heterocycles. The van der Waals surface area contributed by atoms with E-state index < -0.39 is 0 Å². The second kappa shape index (κ2) is 8.38. The van der Waals surface area contributed by atoms with Gasteiger partial charge in [-0.3, -0.25) is 4.79 Å². The quantitative estimate of drug-likeness (QED) is 0.504. The van der Waals surface area contributed by atoms with E-state index in [4.69, 9.17) is 5.73 Å². The average Bonchev–Trinajstić information content (AvgIpc) is 2.10. The van der Waals surface area contributed by atoms with Crippen LogP contribution in [-0.4, -0.2) is 30.6 Å². The molecule has 4 heteroatoms. The summed E-state index contributed by atoms with van der Waals surface area (Å²) < 4.78 is 4.52. The first kappa shape index (κ1) is 12.8. The van der Waals surface area contributed by atoms with Crippen LogP contribution in [0.5, 0.6) is 0 Å². The molecule has 13 heavy (non-hydrogen) atoms. The lowest BCUT2D eigenvalue weighted by molar-refractivity contribution is -0.140. The number of nitrogens with two attached hydrogens (primary N) is 1. The van der Waals surface area contributed by atoms with Crippen molar-refractivity contribution in [3.63, 3.8) is 0 Å². The highest BCUT2D eigenvalue weighted by atomic mass is 32.2. The van der Waals surface area contributed by atoms with Gasteiger partial charge in [0.15, 0.2) is 0 Å². The minimum atomic E-state index is -0.125. The van der Waals surface area contributed by atoms with E-state index in [2.05, 4.69) is 4.74 Å². The van der Waals surface area contributed by atoms with Crippen molar-refractivity contribution in [3.8, 4) is 0 Å². The Morgan fingerprint density at radius 3 is 2.77 bits per heavy atom. The normalized spacial score (nSPS) is 12.5. The fourth-order valence-corrected chi connectivity index (χ4v) is 1.75. The molecule has 0 rings (SSSR count). The molecule has 3 nitrogen and oxygen atoms in total. The Morgan fingerprint density at radius 2 is 2.23 bits per heavy atom. The summed E-state index contributed by atoms with van der Waals surface area (Å²) >= 11 is 1.78. The number of rotatable bonds is 7. The highest BCUT2D eigenvalue weighted by molar-refractivity contribution is 7.99. The fourth-order valence-electron chi connectivity index (χ4n) is 0.867. The predicted octanol–water partition coefficient (Wildman–Crippen LogP) is 1.41. The highest BCUT2D eigenvalue weighted by Gasteiger charge is 1.99. The number of carbonyl (C=O) groups is 1. The summed E-state index contributed by atoms with van der Waals surface area (Å²) in [5.74, 6) is 1.81. The molecule has 0 fully saturated rings. The summed E-state index contributed by atoms with van der Waals surface area (Å²) in [6.45, 7) is 2.01. The van der Waals surface area contributed by atoms with E-state index in [1.165, 1.54) is 7.11 Å². The third-order valence-corrected chi connectivity index (χ3v) is 2.70. The van der Waals surface area contributed by atoms with Crippen LogP contribution in [0, 0.1) is 0 Å². The van der Waals surface area contributed by atoms with Gasteiger partial charge in [0.25, 0.3) is 0 Å². The first-order chi connectivity index (χ1) is 6.16. The smallest absolute Gasteiger partial charge is 0.306 e. The van der Waals surface area contributed by atoms with Crippen LogP contribution in [0.4, 0.5) is 0 Å². The molecule has 0 aliphatic carbocycles. The first-order valence-electron chi connectivity index (χ1n) is 4.57. The van der Waals surface area contributed by atoms with E-state index in [0.717, 1.165) is 24.3 Å². The van der Waals surface area contributed by atoms with E-state index >= 15 is 0 Å². The lowest BCUT2D eigenvalue weighted by Gasteiger charge is -2.03. The molecule has 78 valence electrons. The van der Waals surface area contributed by atoms with Crippen LogP contribution in [0.2, 0.25) is 0 Å². The maximum Gasteiger partial charge on any atom is 0.306 e. The molecule has 0 bridgehead atoms. The van der Waals surface area contributed by atoms with Crippen molar-refractivity contribution in [3.05, 3.63) is 0 Å². The Labute approximate surface area is 84.4 Å². The van der Waals surface area contributed by atoms with E-state index in [-0.39, 0.29) is 5.97 Å². The van der Waals surface area contributed by atoms with Gasteiger partial charge >= 0.3 is 5.97 Å². The van der Waals surface area contributed by atoms with Crippen molar-refractivity contribution in [2.45, 2.75) is 32.2 Å². The zero-order chi connectivity index (χ0) is 10.1. The summed E-state index contributed by atoms with van der Waals surface area (Å²) in [7, 11) is 1.42. The van der Waals surface area contributed by atoms with Gasteiger partial charge in [-0.2, -0.15) is 11.8 Å². The van der Waals surface area contributed by atoms with Gasteiger partial charge in [-0.25, -0.2) is 0 Å². The lowest BCUT2D eigenvalue weighted by Crippen LogP contribution is -2.14. The standard InChI is InChI=1S/C9H19NO2S/c1-8(10)4-3-6-13-7-5-9(11)12-2/h8H,3-7,10H2,1-2H3. The monoisotopic (exact) mass is 205 g/mol. The number of hydrogen-bond acceptors (Lipinski definition) is 4. The number of esters is 1. The molecule has 0 aromatic rings. The van der Waals surface area contributed by atoms with E-state index in [1.54, 1.807) is 11.8 Å². The lowest BCUT2D eigenvalue weighted by atomic mass is 10.2. The van der Waals surface area contributed by atoms with Crippen molar-refractivity contribution in [1.82, 2.24) is 0 Å². The van der Waals surface area contributed by atoms with E-state index in [9.17, 15) is 4.79 Å². The van der Waals surface area contributed by atoms with Crippen LogP contribution in [0.25, 0.3) is 0 Å². The average molecular weight is 205 g/mol. The maximum atomic E-state index is 10.7. The van der Waals surface area contributed by atoms with Crippen LogP contribution >= 0.6 is 11.8 Å². The molecule has 0 heterocycles. The van der Waals surface area contributed by atoms with Gasteiger partial charge in [-0.1, -0.05) is 0 Å². The summed E-state index contributed by atoms with van der Waals surface area (Å²) in [6.07, 6.45) is 2.70. The van der Waals surface area contributed by atoms with Crippen LogP contribution < -0.4 is 5.73 Å². The van der Waals surface area contributed by atoms with Gasteiger partial charge in [-0.05, 0) is 25.5 Å². The Morgan fingerprint density at radius 1 is 1.54 bits per heavy atom. The zero-order valence-corrected chi connectivity index (χ0v) is 9.23.